The lowest BCUT2D eigenvalue weighted by molar-refractivity contribution is 0.102. The Hall–Kier alpha value is -2.31. The predicted octanol–water partition coefficient (Wildman–Crippen LogP) is 4.30. The van der Waals surface area contributed by atoms with Crippen LogP contribution in [0.1, 0.15) is 15.9 Å². The van der Waals surface area contributed by atoms with Crippen LogP contribution in [0.2, 0.25) is 5.02 Å². The summed E-state index contributed by atoms with van der Waals surface area (Å²) >= 11 is 7.09. The maximum absolute atomic E-state index is 12.4. The van der Waals surface area contributed by atoms with Gasteiger partial charge in [0.1, 0.15) is 5.75 Å². The lowest BCUT2D eigenvalue weighted by Crippen LogP contribution is -2.02. The number of ether oxygens (including phenoxy) is 1. The quantitative estimate of drug-likeness (QED) is 0.491. The molecule has 25 heavy (non-hydrogen) atoms. The Bertz CT molecular complexity index is 924. The largest absolute Gasteiger partial charge is 0.493 e. The maximum atomic E-state index is 12.4. The molecule has 126 valence electrons. The van der Waals surface area contributed by atoms with Gasteiger partial charge in [0.15, 0.2) is 5.78 Å². The normalized spacial score (nSPS) is 12.7. The van der Waals surface area contributed by atoms with E-state index in [1.807, 2.05) is 24.3 Å². The molecule has 3 aromatic rings. The first-order valence-electron chi connectivity index (χ1n) is 7.70. The SMILES string of the molecule is O=C(CSc1nnc(-c2ccc(Cl)cc2)o1)c1ccc2c(c1)CCO2. The van der Waals surface area contributed by atoms with Crippen LogP contribution in [0.4, 0.5) is 0 Å². The van der Waals surface area contributed by atoms with E-state index < -0.39 is 0 Å². The standard InChI is InChI=1S/C18H13ClN2O3S/c19-14-4-1-11(2-5-14)17-20-21-18(24-17)25-10-15(22)12-3-6-16-13(9-12)7-8-23-16/h1-6,9H,7-8,10H2. The molecule has 1 aromatic heterocycles. The molecule has 0 saturated carbocycles. The van der Waals surface area contributed by atoms with Crippen LogP contribution < -0.4 is 4.74 Å². The fourth-order valence-electron chi connectivity index (χ4n) is 2.55. The number of rotatable bonds is 5. The summed E-state index contributed by atoms with van der Waals surface area (Å²) in [5.41, 5.74) is 2.54. The van der Waals surface area contributed by atoms with Crippen molar-refractivity contribution in [1.29, 1.82) is 0 Å². The second-order valence-corrected chi connectivity index (χ2v) is 6.88. The zero-order valence-corrected chi connectivity index (χ0v) is 14.6. The third-order valence-corrected chi connectivity index (χ3v) is 4.91. The number of carbonyl (C=O) groups is 1. The molecule has 1 aliphatic heterocycles. The van der Waals surface area contributed by atoms with Crippen molar-refractivity contribution < 1.29 is 13.9 Å². The molecule has 2 aromatic carbocycles. The maximum Gasteiger partial charge on any atom is 0.277 e. The van der Waals surface area contributed by atoms with Crippen LogP contribution >= 0.6 is 23.4 Å². The average Bonchev–Trinajstić information content (AvgIpc) is 3.29. The Labute approximate surface area is 153 Å². The molecule has 0 aliphatic carbocycles. The highest BCUT2D eigenvalue weighted by Crippen LogP contribution is 2.28. The minimum Gasteiger partial charge on any atom is -0.493 e. The number of carbonyl (C=O) groups excluding carboxylic acids is 1. The van der Waals surface area contributed by atoms with Gasteiger partial charge in [0, 0.05) is 22.6 Å². The molecule has 2 heterocycles. The van der Waals surface area contributed by atoms with Gasteiger partial charge in [0.25, 0.3) is 5.22 Å². The van der Waals surface area contributed by atoms with Gasteiger partial charge in [0.2, 0.25) is 5.89 Å². The van der Waals surface area contributed by atoms with E-state index >= 15 is 0 Å². The van der Waals surface area contributed by atoms with Gasteiger partial charge in [0.05, 0.1) is 12.4 Å². The fraction of sp³-hybridized carbons (Fsp3) is 0.167. The van der Waals surface area contributed by atoms with Crippen LogP contribution in [-0.2, 0) is 6.42 Å². The van der Waals surface area contributed by atoms with Crippen molar-refractivity contribution in [2.45, 2.75) is 11.6 Å². The number of Topliss-reactive ketones (excluding diaryl/α,β-unsaturated/α-hetero) is 1. The van der Waals surface area contributed by atoms with Gasteiger partial charge in [-0.2, -0.15) is 0 Å². The predicted molar refractivity (Wildman–Crippen MR) is 95.4 cm³/mol. The molecule has 5 nitrogen and oxygen atoms in total. The van der Waals surface area contributed by atoms with E-state index in [4.69, 9.17) is 20.8 Å². The van der Waals surface area contributed by atoms with Gasteiger partial charge in [-0.3, -0.25) is 4.79 Å². The summed E-state index contributed by atoms with van der Waals surface area (Å²) in [6, 6.07) is 12.7. The Kier molecular flexibility index (Phi) is 4.46. The lowest BCUT2D eigenvalue weighted by Gasteiger charge is -2.02. The number of ketones is 1. The molecule has 0 spiro atoms. The zero-order valence-electron chi connectivity index (χ0n) is 13.1. The smallest absolute Gasteiger partial charge is 0.277 e. The molecule has 0 radical (unpaired) electrons. The van der Waals surface area contributed by atoms with Crippen LogP contribution in [-0.4, -0.2) is 28.3 Å². The number of thioether (sulfide) groups is 1. The van der Waals surface area contributed by atoms with Crippen LogP contribution in [0, 0.1) is 0 Å². The Morgan fingerprint density at radius 3 is 2.84 bits per heavy atom. The molecule has 7 heteroatoms. The fourth-order valence-corrected chi connectivity index (χ4v) is 3.33. The van der Waals surface area contributed by atoms with Crippen molar-refractivity contribution in [2.75, 3.05) is 12.4 Å². The molecular formula is C18H13ClN2O3S. The number of hydrogen-bond acceptors (Lipinski definition) is 6. The molecule has 0 atom stereocenters. The van der Waals surface area contributed by atoms with Crippen molar-refractivity contribution in [3.8, 4) is 17.2 Å². The van der Waals surface area contributed by atoms with E-state index in [-0.39, 0.29) is 11.5 Å². The zero-order chi connectivity index (χ0) is 17.2. The van der Waals surface area contributed by atoms with E-state index in [2.05, 4.69) is 10.2 Å². The number of aromatic nitrogens is 2. The first-order chi connectivity index (χ1) is 12.2. The molecule has 0 bridgehead atoms. The number of hydrogen-bond donors (Lipinski definition) is 0. The Balaban J connectivity index is 1.41. The highest BCUT2D eigenvalue weighted by molar-refractivity contribution is 7.99. The molecule has 4 rings (SSSR count). The van der Waals surface area contributed by atoms with Crippen LogP contribution in [0.3, 0.4) is 0 Å². The van der Waals surface area contributed by atoms with Gasteiger partial charge in [-0.25, -0.2) is 0 Å². The molecular weight excluding hydrogens is 360 g/mol. The number of benzene rings is 2. The van der Waals surface area contributed by atoms with Gasteiger partial charge >= 0.3 is 0 Å². The average molecular weight is 373 g/mol. The molecule has 0 fully saturated rings. The van der Waals surface area contributed by atoms with Crippen molar-refractivity contribution in [2.24, 2.45) is 0 Å². The van der Waals surface area contributed by atoms with Gasteiger partial charge in [-0.1, -0.05) is 23.4 Å². The number of nitrogens with zero attached hydrogens (tertiary/aromatic N) is 2. The summed E-state index contributed by atoms with van der Waals surface area (Å²) in [6.45, 7) is 0.678. The highest BCUT2D eigenvalue weighted by Gasteiger charge is 2.16. The molecule has 1 aliphatic rings. The van der Waals surface area contributed by atoms with Crippen LogP contribution in [0.5, 0.6) is 5.75 Å². The summed E-state index contributed by atoms with van der Waals surface area (Å²) in [5.74, 6) is 1.53. The molecule has 0 saturated heterocycles. The first kappa shape index (κ1) is 16.2. The van der Waals surface area contributed by atoms with Gasteiger partial charge in [-0.15, -0.1) is 10.2 Å². The number of fused-ring (bicyclic) bond motifs is 1. The van der Waals surface area contributed by atoms with Crippen LogP contribution in [0.15, 0.2) is 52.1 Å². The van der Waals surface area contributed by atoms with Crippen molar-refractivity contribution in [3.63, 3.8) is 0 Å². The highest BCUT2D eigenvalue weighted by atomic mass is 35.5. The second-order valence-electron chi connectivity index (χ2n) is 5.51. The van der Waals surface area contributed by atoms with E-state index in [9.17, 15) is 4.79 Å². The third-order valence-electron chi connectivity index (χ3n) is 3.84. The monoisotopic (exact) mass is 372 g/mol. The van der Waals surface area contributed by atoms with E-state index in [0.29, 0.717) is 28.3 Å². The topological polar surface area (TPSA) is 65.2 Å². The summed E-state index contributed by atoms with van der Waals surface area (Å²) in [7, 11) is 0. The minimum atomic E-state index is 0.0194. The Morgan fingerprint density at radius 2 is 2.00 bits per heavy atom. The molecule has 0 amide bonds. The first-order valence-corrected chi connectivity index (χ1v) is 9.06. The third kappa shape index (κ3) is 3.55. The second kappa shape index (κ2) is 6.90. The lowest BCUT2D eigenvalue weighted by atomic mass is 10.1. The molecule has 0 N–H and O–H groups in total. The minimum absolute atomic E-state index is 0.0194. The van der Waals surface area contributed by atoms with Crippen molar-refractivity contribution >= 4 is 29.1 Å². The van der Waals surface area contributed by atoms with Gasteiger partial charge in [-0.05, 0) is 48.0 Å². The summed E-state index contributed by atoms with van der Waals surface area (Å²) in [4.78, 5) is 12.4. The number of halogens is 1. The van der Waals surface area contributed by atoms with E-state index in [1.165, 1.54) is 11.8 Å². The molecule has 0 unspecified atom stereocenters. The van der Waals surface area contributed by atoms with E-state index in [1.54, 1.807) is 18.2 Å². The van der Waals surface area contributed by atoms with Crippen molar-refractivity contribution in [1.82, 2.24) is 10.2 Å². The van der Waals surface area contributed by atoms with E-state index in [0.717, 1.165) is 23.3 Å². The summed E-state index contributed by atoms with van der Waals surface area (Å²) in [6.07, 6.45) is 0.845. The summed E-state index contributed by atoms with van der Waals surface area (Å²) in [5, 5.41) is 8.99. The van der Waals surface area contributed by atoms with Crippen LogP contribution in [0.25, 0.3) is 11.5 Å². The van der Waals surface area contributed by atoms with Crippen molar-refractivity contribution in [3.05, 3.63) is 58.6 Å². The Morgan fingerprint density at radius 1 is 1.16 bits per heavy atom. The van der Waals surface area contributed by atoms with Gasteiger partial charge < -0.3 is 9.15 Å². The summed E-state index contributed by atoms with van der Waals surface area (Å²) < 4.78 is 11.1.